The standard InChI is InChI=1S/C10H7F2N5/c11-4-1-2-5-9(8(4)12)15-10(14-5)6-3-7(13)17-16-6/h1-3H,(H,14,15)(H3,13,16,17). The Morgan fingerprint density at radius 2 is 2.06 bits per heavy atom. The van der Waals surface area contributed by atoms with Crippen molar-refractivity contribution in [1.29, 1.82) is 0 Å². The van der Waals surface area contributed by atoms with Crippen molar-refractivity contribution in [3.8, 4) is 11.5 Å². The zero-order chi connectivity index (χ0) is 12.0. The minimum Gasteiger partial charge on any atom is -0.382 e. The van der Waals surface area contributed by atoms with Crippen LogP contribution in [0.2, 0.25) is 0 Å². The molecule has 0 atom stereocenters. The molecule has 1 aromatic carbocycles. The van der Waals surface area contributed by atoms with E-state index in [0.29, 0.717) is 22.9 Å². The van der Waals surface area contributed by atoms with Crippen LogP contribution in [0.15, 0.2) is 18.2 Å². The number of H-pyrrole nitrogens is 2. The second kappa shape index (κ2) is 3.27. The van der Waals surface area contributed by atoms with Crippen LogP contribution in [0.3, 0.4) is 0 Å². The Hall–Kier alpha value is -2.44. The molecule has 3 rings (SSSR count). The first kappa shape index (κ1) is 9.76. The zero-order valence-electron chi connectivity index (χ0n) is 8.46. The SMILES string of the molecule is Nc1cc(-c2nc3c(F)c(F)ccc3[nH]2)[nH]n1. The highest BCUT2D eigenvalue weighted by Gasteiger charge is 2.13. The molecule has 0 bridgehead atoms. The highest BCUT2D eigenvalue weighted by Crippen LogP contribution is 2.23. The molecule has 86 valence electrons. The van der Waals surface area contributed by atoms with Crippen LogP contribution in [-0.4, -0.2) is 20.2 Å². The van der Waals surface area contributed by atoms with Crippen molar-refractivity contribution in [3.05, 3.63) is 29.8 Å². The largest absolute Gasteiger partial charge is 0.382 e. The molecule has 0 aliphatic heterocycles. The number of aromatic amines is 2. The fraction of sp³-hybridized carbons (Fsp3) is 0. The van der Waals surface area contributed by atoms with Crippen LogP contribution in [0.5, 0.6) is 0 Å². The Bertz CT molecular complexity index is 700. The Balaban J connectivity index is 2.23. The van der Waals surface area contributed by atoms with E-state index in [4.69, 9.17) is 5.73 Å². The topological polar surface area (TPSA) is 83.4 Å². The number of aromatic nitrogens is 4. The molecule has 0 spiro atoms. The maximum absolute atomic E-state index is 13.4. The molecule has 5 nitrogen and oxygen atoms in total. The molecule has 0 saturated heterocycles. The molecule has 3 aromatic rings. The second-order valence-electron chi connectivity index (χ2n) is 3.55. The molecule has 7 heteroatoms. The molecule has 0 unspecified atom stereocenters. The van der Waals surface area contributed by atoms with Crippen molar-refractivity contribution in [2.45, 2.75) is 0 Å². The second-order valence-corrected chi connectivity index (χ2v) is 3.55. The average molecular weight is 235 g/mol. The smallest absolute Gasteiger partial charge is 0.186 e. The first-order valence-electron chi connectivity index (χ1n) is 4.80. The number of nitrogens with zero attached hydrogens (tertiary/aromatic N) is 2. The summed E-state index contributed by atoms with van der Waals surface area (Å²) < 4.78 is 26.4. The molecule has 0 aliphatic rings. The van der Waals surface area contributed by atoms with E-state index in [-0.39, 0.29) is 5.52 Å². The molecule has 4 N–H and O–H groups in total. The minimum absolute atomic E-state index is 0.0480. The number of nitrogen functional groups attached to an aromatic ring is 1. The van der Waals surface area contributed by atoms with Gasteiger partial charge in [-0.15, -0.1) is 0 Å². The number of anilines is 1. The van der Waals surface area contributed by atoms with Crippen molar-refractivity contribution in [3.63, 3.8) is 0 Å². The van der Waals surface area contributed by atoms with Gasteiger partial charge in [-0.3, -0.25) is 5.10 Å². The lowest BCUT2D eigenvalue weighted by molar-refractivity contribution is 0.515. The van der Waals surface area contributed by atoms with Crippen LogP contribution in [-0.2, 0) is 0 Å². The number of hydrogen-bond donors (Lipinski definition) is 3. The lowest BCUT2D eigenvalue weighted by atomic mass is 10.3. The summed E-state index contributed by atoms with van der Waals surface area (Å²) in [6.07, 6.45) is 0. The van der Waals surface area contributed by atoms with Gasteiger partial charge in [-0.2, -0.15) is 5.10 Å². The first-order chi connectivity index (χ1) is 8.15. The number of halogens is 2. The van der Waals surface area contributed by atoms with Crippen LogP contribution in [0.1, 0.15) is 0 Å². The van der Waals surface area contributed by atoms with Gasteiger partial charge in [0.05, 0.1) is 5.52 Å². The first-order valence-corrected chi connectivity index (χ1v) is 4.80. The van der Waals surface area contributed by atoms with Gasteiger partial charge < -0.3 is 10.7 Å². The maximum atomic E-state index is 13.4. The van der Waals surface area contributed by atoms with Crippen molar-refractivity contribution in [2.75, 3.05) is 5.73 Å². The van der Waals surface area contributed by atoms with Gasteiger partial charge in [0.2, 0.25) is 0 Å². The summed E-state index contributed by atoms with van der Waals surface area (Å²) in [6, 6.07) is 4.01. The van der Waals surface area contributed by atoms with Crippen molar-refractivity contribution in [2.24, 2.45) is 0 Å². The zero-order valence-corrected chi connectivity index (χ0v) is 8.46. The summed E-state index contributed by atoms with van der Waals surface area (Å²) in [6.45, 7) is 0. The number of nitrogens with one attached hydrogen (secondary N) is 2. The minimum atomic E-state index is -0.975. The number of hydrogen-bond acceptors (Lipinski definition) is 3. The van der Waals surface area contributed by atoms with Crippen LogP contribution < -0.4 is 5.73 Å². The van der Waals surface area contributed by atoms with E-state index in [0.717, 1.165) is 6.07 Å². The Labute approximate surface area is 93.7 Å². The molecule has 0 radical (unpaired) electrons. The molecular formula is C10H7F2N5. The van der Waals surface area contributed by atoms with Gasteiger partial charge in [0.1, 0.15) is 17.0 Å². The molecule has 17 heavy (non-hydrogen) atoms. The van der Waals surface area contributed by atoms with Gasteiger partial charge >= 0.3 is 0 Å². The lowest BCUT2D eigenvalue weighted by Crippen LogP contribution is -1.84. The van der Waals surface area contributed by atoms with Gasteiger partial charge in [0, 0.05) is 6.07 Å². The lowest BCUT2D eigenvalue weighted by Gasteiger charge is -1.91. The van der Waals surface area contributed by atoms with E-state index in [1.54, 1.807) is 6.07 Å². The highest BCUT2D eigenvalue weighted by atomic mass is 19.2. The molecule has 0 aliphatic carbocycles. The van der Waals surface area contributed by atoms with Crippen LogP contribution in [0, 0.1) is 11.6 Å². The summed E-state index contributed by atoms with van der Waals surface area (Å²) in [5.41, 5.74) is 6.32. The van der Waals surface area contributed by atoms with Crippen molar-refractivity contribution >= 4 is 16.9 Å². The average Bonchev–Trinajstić information content (AvgIpc) is 2.90. The van der Waals surface area contributed by atoms with Crippen LogP contribution in [0.4, 0.5) is 14.6 Å². The fourth-order valence-electron chi connectivity index (χ4n) is 1.60. The van der Waals surface area contributed by atoms with Gasteiger partial charge in [0.15, 0.2) is 17.5 Å². The monoisotopic (exact) mass is 235 g/mol. The van der Waals surface area contributed by atoms with E-state index < -0.39 is 11.6 Å². The Kier molecular flexibility index (Phi) is 1.88. The molecule has 0 amide bonds. The quantitative estimate of drug-likeness (QED) is 0.601. The van der Waals surface area contributed by atoms with Crippen LogP contribution in [0.25, 0.3) is 22.6 Å². The number of fused-ring (bicyclic) bond motifs is 1. The molecule has 0 saturated carbocycles. The third kappa shape index (κ3) is 1.43. The van der Waals surface area contributed by atoms with Gasteiger partial charge in [-0.25, -0.2) is 13.8 Å². The number of benzene rings is 1. The number of nitrogens with two attached hydrogens (primary N) is 1. The summed E-state index contributed by atoms with van der Waals surface area (Å²) in [5, 5.41) is 6.36. The Morgan fingerprint density at radius 1 is 1.24 bits per heavy atom. The third-order valence-electron chi connectivity index (χ3n) is 2.40. The van der Waals surface area contributed by atoms with E-state index in [9.17, 15) is 8.78 Å². The van der Waals surface area contributed by atoms with Crippen LogP contribution >= 0.6 is 0 Å². The van der Waals surface area contributed by atoms with E-state index in [1.165, 1.54) is 6.07 Å². The summed E-state index contributed by atoms with van der Waals surface area (Å²) >= 11 is 0. The summed E-state index contributed by atoms with van der Waals surface area (Å²) in [7, 11) is 0. The molecule has 2 heterocycles. The number of imidazole rings is 1. The third-order valence-corrected chi connectivity index (χ3v) is 2.40. The van der Waals surface area contributed by atoms with Crippen molar-refractivity contribution in [1.82, 2.24) is 20.2 Å². The van der Waals surface area contributed by atoms with Crippen molar-refractivity contribution < 1.29 is 8.78 Å². The molecule has 0 fully saturated rings. The van der Waals surface area contributed by atoms with Gasteiger partial charge in [0.25, 0.3) is 0 Å². The number of rotatable bonds is 1. The van der Waals surface area contributed by atoms with Gasteiger partial charge in [-0.1, -0.05) is 0 Å². The normalized spacial score (nSPS) is 11.2. The highest BCUT2D eigenvalue weighted by molar-refractivity contribution is 5.79. The van der Waals surface area contributed by atoms with E-state index in [2.05, 4.69) is 20.2 Å². The molecular weight excluding hydrogens is 228 g/mol. The fourth-order valence-corrected chi connectivity index (χ4v) is 1.60. The van der Waals surface area contributed by atoms with E-state index >= 15 is 0 Å². The predicted octanol–water partition coefficient (Wildman–Crippen LogP) is 1.81. The predicted molar refractivity (Wildman–Crippen MR) is 58.0 cm³/mol. The maximum Gasteiger partial charge on any atom is 0.186 e. The van der Waals surface area contributed by atoms with E-state index in [1.807, 2.05) is 0 Å². The molecule has 2 aromatic heterocycles. The van der Waals surface area contributed by atoms with Gasteiger partial charge in [-0.05, 0) is 12.1 Å². The summed E-state index contributed by atoms with van der Waals surface area (Å²) in [5.74, 6) is -1.25. The summed E-state index contributed by atoms with van der Waals surface area (Å²) in [4.78, 5) is 6.81. The Morgan fingerprint density at radius 3 is 2.76 bits per heavy atom.